The molecule has 2 amide bonds. The summed E-state index contributed by atoms with van der Waals surface area (Å²) in [4.78, 5) is 29.6. The quantitative estimate of drug-likeness (QED) is 0.759. The molecule has 0 radical (unpaired) electrons. The number of thioether (sulfide) groups is 1. The van der Waals surface area contributed by atoms with Crippen molar-refractivity contribution in [3.05, 3.63) is 54.6 Å². The molecule has 0 aliphatic carbocycles. The molecule has 1 aliphatic heterocycles. The SMILES string of the molecule is CSc1ccccc1N1C(=O)CN(C(=O)COc2ccccc2)CC1C. The van der Waals surface area contributed by atoms with Gasteiger partial charge in [-0.1, -0.05) is 30.3 Å². The van der Waals surface area contributed by atoms with E-state index >= 15 is 0 Å². The molecule has 1 saturated heterocycles. The van der Waals surface area contributed by atoms with Crippen LogP contribution < -0.4 is 9.64 Å². The molecular weight excluding hydrogens is 348 g/mol. The Balaban J connectivity index is 1.66. The third kappa shape index (κ3) is 4.02. The number of carbonyl (C=O) groups is 2. The zero-order chi connectivity index (χ0) is 18.5. The van der Waals surface area contributed by atoms with Gasteiger partial charge in [0.2, 0.25) is 5.91 Å². The maximum absolute atomic E-state index is 12.7. The Morgan fingerprint density at radius 1 is 1.15 bits per heavy atom. The van der Waals surface area contributed by atoms with Crippen molar-refractivity contribution in [2.45, 2.75) is 17.9 Å². The van der Waals surface area contributed by atoms with Gasteiger partial charge in [-0.2, -0.15) is 0 Å². The second-order valence-corrected chi connectivity index (χ2v) is 7.01. The molecular formula is C20H22N2O3S. The lowest BCUT2D eigenvalue weighted by atomic mass is 10.1. The van der Waals surface area contributed by atoms with Crippen LogP contribution in [0.15, 0.2) is 59.5 Å². The number of amides is 2. The van der Waals surface area contributed by atoms with Gasteiger partial charge in [0.1, 0.15) is 12.3 Å². The summed E-state index contributed by atoms with van der Waals surface area (Å²) >= 11 is 1.61. The van der Waals surface area contributed by atoms with Crippen LogP contribution >= 0.6 is 11.8 Å². The predicted octanol–water partition coefficient (Wildman–Crippen LogP) is 3.05. The molecule has 5 nitrogen and oxygen atoms in total. The van der Waals surface area contributed by atoms with Crippen LogP contribution in [0.25, 0.3) is 0 Å². The van der Waals surface area contributed by atoms with E-state index in [9.17, 15) is 9.59 Å². The number of piperazine rings is 1. The zero-order valence-corrected chi connectivity index (χ0v) is 15.7. The Morgan fingerprint density at radius 3 is 2.54 bits per heavy atom. The van der Waals surface area contributed by atoms with Gasteiger partial charge in [0.05, 0.1) is 11.7 Å². The molecule has 1 unspecified atom stereocenters. The minimum absolute atomic E-state index is 0.0641. The number of hydrogen-bond acceptors (Lipinski definition) is 4. The highest BCUT2D eigenvalue weighted by molar-refractivity contribution is 7.98. The number of hydrogen-bond donors (Lipinski definition) is 0. The van der Waals surface area contributed by atoms with E-state index < -0.39 is 0 Å². The summed E-state index contributed by atoms with van der Waals surface area (Å²) in [6.07, 6.45) is 1.99. The smallest absolute Gasteiger partial charge is 0.261 e. The van der Waals surface area contributed by atoms with E-state index in [-0.39, 0.29) is 31.0 Å². The summed E-state index contributed by atoms with van der Waals surface area (Å²) < 4.78 is 5.52. The molecule has 6 heteroatoms. The normalized spacial score (nSPS) is 17.3. The van der Waals surface area contributed by atoms with Crippen molar-refractivity contribution in [1.82, 2.24) is 4.90 Å². The number of anilines is 1. The average molecular weight is 370 g/mol. The summed E-state index contributed by atoms with van der Waals surface area (Å²) in [6, 6.07) is 17.0. The van der Waals surface area contributed by atoms with Crippen LogP contribution in [0.4, 0.5) is 5.69 Å². The van der Waals surface area contributed by atoms with E-state index in [2.05, 4.69) is 0 Å². The largest absolute Gasteiger partial charge is 0.484 e. The molecule has 2 aromatic rings. The van der Waals surface area contributed by atoms with Crippen molar-refractivity contribution < 1.29 is 14.3 Å². The highest BCUT2D eigenvalue weighted by Gasteiger charge is 2.34. The first kappa shape index (κ1) is 18.3. The number of rotatable bonds is 5. The number of benzene rings is 2. The minimum atomic E-state index is -0.174. The Morgan fingerprint density at radius 2 is 1.85 bits per heavy atom. The predicted molar refractivity (Wildman–Crippen MR) is 104 cm³/mol. The van der Waals surface area contributed by atoms with E-state index in [1.807, 2.05) is 55.6 Å². The van der Waals surface area contributed by atoms with E-state index in [4.69, 9.17) is 4.74 Å². The second-order valence-electron chi connectivity index (χ2n) is 6.16. The Bertz CT molecular complexity index is 782. The molecule has 26 heavy (non-hydrogen) atoms. The van der Waals surface area contributed by atoms with Crippen LogP contribution in [0.2, 0.25) is 0 Å². The number of nitrogens with zero attached hydrogens (tertiary/aromatic N) is 2. The van der Waals surface area contributed by atoms with Crippen LogP contribution in [0.1, 0.15) is 6.92 Å². The van der Waals surface area contributed by atoms with Crippen molar-refractivity contribution in [1.29, 1.82) is 0 Å². The molecule has 136 valence electrons. The molecule has 1 heterocycles. The van der Waals surface area contributed by atoms with Crippen LogP contribution in [-0.4, -0.2) is 48.7 Å². The van der Waals surface area contributed by atoms with Gasteiger partial charge in [0, 0.05) is 11.4 Å². The fraction of sp³-hybridized carbons (Fsp3) is 0.300. The van der Waals surface area contributed by atoms with Gasteiger partial charge in [0.25, 0.3) is 5.91 Å². The zero-order valence-electron chi connectivity index (χ0n) is 14.9. The van der Waals surface area contributed by atoms with Crippen LogP contribution in [-0.2, 0) is 9.59 Å². The lowest BCUT2D eigenvalue weighted by molar-refractivity contribution is -0.139. The van der Waals surface area contributed by atoms with Gasteiger partial charge in [-0.3, -0.25) is 9.59 Å². The number of ether oxygens (including phenoxy) is 1. The third-order valence-corrected chi connectivity index (χ3v) is 5.11. The number of para-hydroxylation sites is 2. The Hall–Kier alpha value is -2.47. The van der Waals surface area contributed by atoms with Gasteiger partial charge in [0.15, 0.2) is 6.61 Å². The maximum atomic E-state index is 12.7. The van der Waals surface area contributed by atoms with Gasteiger partial charge in [-0.25, -0.2) is 0 Å². The fourth-order valence-corrected chi connectivity index (χ4v) is 3.68. The highest BCUT2D eigenvalue weighted by atomic mass is 32.2. The summed E-state index contributed by atoms with van der Waals surface area (Å²) in [5, 5.41) is 0. The van der Waals surface area contributed by atoms with Gasteiger partial charge >= 0.3 is 0 Å². The van der Waals surface area contributed by atoms with Crippen molar-refractivity contribution in [3.8, 4) is 5.75 Å². The highest BCUT2D eigenvalue weighted by Crippen LogP contribution is 2.31. The summed E-state index contributed by atoms with van der Waals surface area (Å²) in [7, 11) is 0. The standard InChI is InChI=1S/C20H22N2O3S/c1-15-12-21(20(24)14-25-16-8-4-3-5-9-16)13-19(23)22(15)17-10-6-7-11-18(17)26-2/h3-11,15H,12-14H2,1-2H3. The summed E-state index contributed by atoms with van der Waals surface area (Å²) in [6.45, 7) is 2.47. The first-order valence-electron chi connectivity index (χ1n) is 8.51. The summed E-state index contributed by atoms with van der Waals surface area (Å²) in [5.74, 6) is 0.401. The molecule has 0 bridgehead atoms. The molecule has 1 aliphatic rings. The minimum Gasteiger partial charge on any atom is -0.484 e. The molecule has 0 aromatic heterocycles. The van der Waals surface area contributed by atoms with Crippen molar-refractivity contribution >= 4 is 29.3 Å². The van der Waals surface area contributed by atoms with Crippen LogP contribution in [0.3, 0.4) is 0 Å². The van der Waals surface area contributed by atoms with E-state index in [1.165, 1.54) is 0 Å². The third-order valence-electron chi connectivity index (χ3n) is 4.32. The second kappa shape index (κ2) is 8.27. The number of carbonyl (C=O) groups excluding carboxylic acids is 2. The monoisotopic (exact) mass is 370 g/mol. The molecule has 1 fully saturated rings. The lowest BCUT2D eigenvalue weighted by Crippen LogP contribution is -2.58. The molecule has 0 spiro atoms. The first-order chi connectivity index (χ1) is 12.6. The van der Waals surface area contributed by atoms with Crippen molar-refractivity contribution in [3.63, 3.8) is 0 Å². The van der Waals surface area contributed by atoms with Gasteiger partial charge in [-0.05, 0) is 37.4 Å². The van der Waals surface area contributed by atoms with E-state index in [0.717, 1.165) is 10.6 Å². The fourth-order valence-electron chi connectivity index (χ4n) is 3.09. The summed E-state index contributed by atoms with van der Waals surface area (Å²) in [5.41, 5.74) is 0.908. The van der Waals surface area contributed by atoms with Gasteiger partial charge in [-0.15, -0.1) is 11.8 Å². The van der Waals surface area contributed by atoms with Crippen molar-refractivity contribution in [2.75, 3.05) is 30.9 Å². The van der Waals surface area contributed by atoms with Gasteiger partial charge < -0.3 is 14.5 Å². The van der Waals surface area contributed by atoms with Crippen LogP contribution in [0, 0.1) is 0 Å². The molecule has 0 saturated carbocycles. The molecule has 2 aromatic carbocycles. The average Bonchev–Trinajstić information content (AvgIpc) is 2.66. The first-order valence-corrected chi connectivity index (χ1v) is 9.73. The molecule has 1 atom stereocenters. The molecule has 0 N–H and O–H groups in total. The maximum Gasteiger partial charge on any atom is 0.261 e. The van der Waals surface area contributed by atoms with E-state index in [1.54, 1.807) is 33.7 Å². The Labute approximate surface area is 157 Å². The topological polar surface area (TPSA) is 49.9 Å². The molecule has 3 rings (SSSR count). The lowest BCUT2D eigenvalue weighted by Gasteiger charge is -2.40. The van der Waals surface area contributed by atoms with E-state index in [0.29, 0.717) is 12.3 Å². The Kier molecular flexibility index (Phi) is 5.83. The van der Waals surface area contributed by atoms with Crippen LogP contribution in [0.5, 0.6) is 5.75 Å². The van der Waals surface area contributed by atoms with Crippen molar-refractivity contribution in [2.24, 2.45) is 0 Å².